The van der Waals surface area contributed by atoms with Gasteiger partial charge in [0.1, 0.15) is 6.04 Å². The molecule has 1 atom stereocenters. The number of carbonyl (C=O) groups excluding carboxylic acids is 2. The third kappa shape index (κ3) is 9.09. The second-order valence-electron chi connectivity index (χ2n) is 9.01. The molecule has 0 saturated carbocycles. The van der Waals surface area contributed by atoms with E-state index in [1.807, 2.05) is 91.0 Å². The number of sulfonamides is 1. The Kier molecular flexibility index (Phi) is 11.0. The molecule has 202 valence electrons. The van der Waals surface area contributed by atoms with E-state index in [0.29, 0.717) is 6.61 Å². The zero-order chi connectivity index (χ0) is 27.4. The molecule has 0 aliphatic rings. The lowest BCUT2D eigenvalue weighted by Crippen LogP contribution is -2.53. The molecule has 2 amide bonds. The highest BCUT2D eigenvalue weighted by Gasteiger charge is 2.32. The van der Waals surface area contributed by atoms with E-state index < -0.39 is 28.5 Å². The van der Waals surface area contributed by atoms with Gasteiger partial charge >= 0.3 is 0 Å². The van der Waals surface area contributed by atoms with Gasteiger partial charge in [0.15, 0.2) is 0 Å². The van der Waals surface area contributed by atoms with Gasteiger partial charge in [-0.1, -0.05) is 91.0 Å². The molecule has 3 aromatic rings. The maximum absolute atomic E-state index is 13.9. The van der Waals surface area contributed by atoms with E-state index in [1.165, 1.54) is 4.90 Å². The Morgan fingerprint density at radius 3 is 1.82 bits per heavy atom. The Morgan fingerprint density at radius 1 is 0.816 bits per heavy atom. The fourth-order valence-electron chi connectivity index (χ4n) is 4.05. The van der Waals surface area contributed by atoms with Crippen LogP contribution in [0.15, 0.2) is 91.0 Å². The van der Waals surface area contributed by atoms with Gasteiger partial charge < -0.3 is 15.0 Å². The first-order valence-corrected chi connectivity index (χ1v) is 14.3. The summed E-state index contributed by atoms with van der Waals surface area (Å²) >= 11 is 0. The summed E-state index contributed by atoms with van der Waals surface area (Å²) in [5.74, 6) is -0.790. The summed E-state index contributed by atoms with van der Waals surface area (Å²) in [5, 5.41) is 2.86. The van der Waals surface area contributed by atoms with Gasteiger partial charge in [0.2, 0.25) is 21.8 Å². The molecule has 0 fully saturated rings. The summed E-state index contributed by atoms with van der Waals surface area (Å²) in [6, 6.07) is 27.0. The summed E-state index contributed by atoms with van der Waals surface area (Å²) < 4.78 is 31.6. The summed E-state index contributed by atoms with van der Waals surface area (Å²) in [6.45, 7) is 0.426. The van der Waals surface area contributed by atoms with Crippen molar-refractivity contribution in [2.45, 2.75) is 25.6 Å². The largest absolute Gasteiger partial charge is 0.383 e. The molecule has 1 unspecified atom stereocenters. The first-order valence-electron chi connectivity index (χ1n) is 12.4. The Bertz CT molecular complexity index is 1260. The standard InChI is InChI=1S/C29H35N3O5S/c1-37-19-18-30-29(34)27(20-24-12-6-3-7-13-24)32(22-26-16-10-5-11-17-26)28(33)23-31(38(2,35)36)21-25-14-8-4-9-15-25/h3-17,27H,18-23H2,1-2H3,(H,30,34). The number of carbonyl (C=O) groups is 2. The normalized spacial score (nSPS) is 12.2. The van der Waals surface area contributed by atoms with Crippen LogP contribution in [0.2, 0.25) is 0 Å². The second kappa shape index (κ2) is 14.4. The summed E-state index contributed by atoms with van der Waals surface area (Å²) in [6.07, 6.45) is 1.36. The molecule has 0 radical (unpaired) electrons. The average Bonchev–Trinajstić information content (AvgIpc) is 2.91. The SMILES string of the molecule is COCCNC(=O)C(Cc1ccccc1)N(Cc1ccccc1)C(=O)CN(Cc1ccccc1)S(C)(=O)=O. The third-order valence-electron chi connectivity index (χ3n) is 6.05. The van der Waals surface area contributed by atoms with E-state index in [2.05, 4.69) is 5.32 Å². The maximum Gasteiger partial charge on any atom is 0.243 e. The molecule has 0 aliphatic heterocycles. The number of nitrogens with one attached hydrogen (secondary N) is 1. The van der Waals surface area contributed by atoms with Crippen molar-refractivity contribution >= 4 is 21.8 Å². The van der Waals surface area contributed by atoms with Crippen molar-refractivity contribution in [1.82, 2.24) is 14.5 Å². The van der Waals surface area contributed by atoms with Crippen molar-refractivity contribution in [2.75, 3.05) is 33.1 Å². The number of hydrogen-bond donors (Lipinski definition) is 1. The van der Waals surface area contributed by atoms with Crippen molar-refractivity contribution in [3.05, 3.63) is 108 Å². The highest BCUT2D eigenvalue weighted by Crippen LogP contribution is 2.17. The van der Waals surface area contributed by atoms with Gasteiger partial charge in [0.05, 0.1) is 19.4 Å². The first-order chi connectivity index (χ1) is 18.3. The van der Waals surface area contributed by atoms with E-state index in [0.717, 1.165) is 27.3 Å². The second-order valence-corrected chi connectivity index (χ2v) is 11.0. The number of hydrogen-bond acceptors (Lipinski definition) is 5. The maximum atomic E-state index is 13.9. The number of benzene rings is 3. The van der Waals surface area contributed by atoms with E-state index >= 15 is 0 Å². The van der Waals surface area contributed by atoms with E-state index in [1.54, 1.807) is 7.11 Å². The highest BCUT2D eigenvalue weighted by molar-refractivity contribution is 7.88. The van der Waals surface area contributed by atoms with Crippen LogP contribution in [-0.4, -0.2) is 68.5 Å². The molecule has 0 spiro atoms. The van der Waals surface area contributed by atoms with Gasteiger partial charge in [-0.2, -0.15) is 4.31 Å². The van der Waals surface area contributed by atoms with Crippen molar-refractivity contribution < 1.29 is 22.7 Å². The van der Waals surface area contributed by atoms with Crippen LogP contribution in [0, 0.1) is 0 Å². The molecular weight excluding hydrogens is 502 g/mol. The molecule has 0 aromatic heterocycles. The Hall–Kier alpha value is -3.53. The lowest BCUT2D eigenvalue weighted by molar-refractivity contribution is -0.141. The van der Waals surface area contributed by atoms with Crippen LogP contribution in [0.3, 0.4) is 0 Å². The fraction of sp³-hybridized carbons (Fsp3) is 0.310. The number of ether oxygens (including phenoxy) is 1. The van der Waals surface area contributed by atoms with Gasteiger partial charge in [0.25, 0.3) is 0 Å². The van der Waals surface area contributed by atoms with E-state index in [-0.39, 0.29) is 32.0 Å². The predicted molar refractivity (Wildman–Crippen MR) is 148 cm³/mol. The van der Waals surface area contributed by atoms with Crippen LogP contribution in [0.4, 0.5) is 0 Å². The number of amides is 2. The van der Waals surface area contributed by atoms with Crippen LogP contribution in [0.1, 0.15) is 16.7 Å². The minimum atomic E-state index is -3.72. The molecule has 9 heteroatoms. The summed E-state index contributed by atoms with van der Waals surface area (Å²) in [4.78, 5) is 28.8. The molecule has 0 heterocycles. The molecular formula is C29H35N3O5S. The highest BCUT2D eigenvalue weighted by atomic mass is 32.2. The zero-order valence-corrected chi connectivity index (χ0v) is 22.6. The van der Waals surface area contributed by atoms with Gasteiger partial charge in [-0.25, -0.2) is 8.42 Å². The van der Waals surface area contributed by atoms with Gasteiger partial charge in [-0.15, -0.1) is 0 Å². The molecule has 0 bridgehead atoms. The Morgan fingerprint density at radius 2 is 1.32 bits per heavy atom. The molecule has 0 aliphatic carbocycles. The molecule has 38 heavy (non-hydrogen) atoms. The first kappa shape index (κ1) is 29.0. The van der Waals surface area contributed by atoms with Crippen LogP contribution in [0.5, 0.6) is 0 Å². The van der Waals surface area contributed by atoms with Gasteiger partial charge in [0, 0.05) is 33.2 Å². The molecule has 3 rings (SSSR count). The fourth-order valence-corrected chi connectivity index (χ4v) is 4.78. The lowest BCUT2D eigenvalue weighted by Gasteiger charge is -2.33. The third-order valence-corrected chi connectivity index (χ3v) is 7.25. The molecule has 3 aromatic carbocycles. The zero-order valence-electron chi connectivity index (χ0n) is 21.8. The average molecular weight is 538 g/mol. The van der Waals surface area contributed by atoms with Crippen LogP contribution in [0.25, 0.3) is 0 Å². The van der Waals surface area contributed by atoms with Crippen molar-refractivity contribution in [2.24, 2.45) is 0 Å². The minimum absolute atomic E-state index is 0.0496. The van der Waals surface area contributed by atoms with Crippen molar-refractivity contribution in [3.8, 4) is 0 Å². The quantitative estimate of drug-likeness (QED) is 0.319. The van der Waals surface area contributed by atoms with Crippen LogP contribution < -0.4 is 5.32 Å². The molecule has 8 nitrogen and oxygen atoms in total. The lowest BCUT2D eigenvalue weighted by atomic mass is 10.0. The van der Waals surface area contributed by atoms with Crippen LogP contribution >= 0.6 is 0 Å². The number of nitrogens with zero attached hydrogens (tertiary/aromatic N) is 2. The summed E-state index contributed by atoms with van der Waals surface area (Å²) in [5.41, 5.74) is 2.48. The molecule has 1 N–H and O–H groups in total. The van der Waals surface area contributed by atoms with Crippen molar-refractivity contribution in [3.63, 3.8) is 0 Å². The monoisotopic (exact) mass is 537 g/mol. The van der Waals surface area contributed by atoms with Gasteiger partial charge in [-0.05, 0) is 16.7 Å². The topological polar surface area (TPSA) is 96.0 Å². The predicted octanol–water partition coefficient (Wildman–Crippen LogP) is 2.85. The van der Waals surface area contributed by atoms with E-state index in [4.69, 9.17) is 4.74 Å². The Balaban J connectivity index is 1.95. The van der Waals surface area contributed by atoms with Gasteiger partial charge in [-0.3, -0.25) is 9.59 Å². The smallest absolute Gasteiger partial charge is 0.243 e. The Labute approximate surface area is 225 Å². The van der Waals surface area contributed by atoms with Crippen LogP contribution in [-0.2, 0) is 43.9 Å². The summed E-state index contributed by atoms with van der Waals surface area (Å²) in [7, 11) is -2.17. The number of rotatable bonds is 14. The van der Waals surface area contributed by atoms with E-state index in [9.17, 15) is 18.0 Å². The molecule has 0 saturated heterocycles. The number of methoxy groups -OCH3 is 1. The minimum Gasteiger partial charge on any atom is -0.383 e. The van der Waals surface area contributed by atoms with Crippen molar-refractivity contribution in [1.29, 1.82) is 0 Å².